The van der Waals surface area contributed by atoms with Crippen LogP contribution in [0.5, 0.6) is 5.75 Å². The summed E-state index contributed by atoms with van der Waals surface area (Å²) < 4.78 is 42.4. The second kappa shape index (κ2) is 8.06. The van der Waals surface area contributed by atoms with Crippen LogP contribution in [0.15, 0.2) is 48.5 Å². The fraction of sp³-hybridized carbons (Fsp3) is 0.286. The van der Waals surface area contributed by atoms with Crippen molar-refractivity contribution in [3.63, 3.8) is 0 Å². The fourth-order valence-corrected chi connectivity index (χ4v) is 3.20. The Hall–Kier alpha value is -2.80. The maximum absolute atomic E-state index is 12.7. The van der Waals surface area contributed by atoms with Crippen LogP contribution in [0.3, 0.4) is 0 Å². The minimum atomic E-state index is -4.80. The van der Waals surface area contributed by atoms with Gasteiger partial charge in [0.25, 0.3) is 0 Å². The minimum Gasteiger partial charge on any atom is -0.403 e. The molecule has 1 unspecified atom stereocenters. The lowest BCUT2D eigenvalue weighted by molar-refractivity contribution is -0.274. The van der Waals surface area contributed by atoms with Crippen molar-refractivity contribution in [2.75, 3.05) is 11.9 Å². The molecule has 3 rings (SSSR count). The normalized spacial score (nSPS) is 12.8. The molecule has 0 spiro atoms. The summed E-state index contributed by atoms with van der Waals surface area (Å²) in [5.74, 6) is -0.342. The molecule has 0 bridgehead atoms. The molecule has 0 saturated heterocycles. The highest BCUT2D eigenvalue weighted by molar-refractivity contribution is 5.95. The quantitative estimate of drug-likeness (QED) is 0.601. The van der Waals surface area contributed by atoms with Gasteiger partial charge in [-0.3, -0.25) is 0 Å². The first kappa shape index (κ1) is 19.9. The van der Waals surface area contributed by atoms with Gasteiger partial charge >= 0.3 is 6.36 Å². The predicted molar refractivity (Wildman–Crippen MR) is 102 cm³/mol. The molecule has 0 fully saturated rings. The number of aryl methyl sites for hydroxylation is 2. The summed E-state index contributed by atoms with van der Waals surface area (Å²) in [6, 6.07) is 13.9. The van der Waals surface area contributed by atoms with E-state index in [1.54, 1.807) is 19.1 Å². The summed E-state index contributed by atoms with van der Waals surface area (Å²) in [5.41, 5.74) is 3.39. The first-order valence-corrected chi connectivity index (χ1v) is 8.87. The second-order valence-electron chi connectivity index (χ2n) is 6.63. The number of halogens is 3. The van der Waals surface area contributed by atoms with Gasteiger partial charge in [-0.1, -0.05) is 42.0 Å². The van der Waals surface area contributed by atoms with Gasteiger partial charge in [-0.2, -0.15) is 0 Å². The fourth-order valence-electron chi connectivity index (χ4n) is 3.20. The molecule has 0 amide bonds. The SMILES string of the molecule is Cc1cccc(C(CCO)Nc2cc(C)nc3c(OC(F)(F)F)cccc23)c1. The number of ether oxygens (including phenoxy) is 1. The first-order valence-electron chi connectivity index (χ1n) is 8.87. The molecule has 0 saturated carbocycles. The van der Waals surface area contributed by atoms with Crippen molar-refractivity contribution in [3.05, 3.63) is 65.4 Å². The average Bonchev–Trinajstić information content (AvgIpc) is 2.61. The van der Waals surface area contributed by atoms with E-state index in [2.05, 4.69) is 15.0 Å². The Morgan fingerprint density at radius 2 is 1.86 bits per heavy atom. The zero-order valence-electron chi connectivity index (χ0n) is 15.5. The summed E-state index contributed by atoms with van der Waals surface area (Å²) in [4.78, 5) is 4.25. The van der Waals surface area contributed by atoms with Gasteiger partial charge < -0.3 is 15.2 Å². The number of rotatable bonds is 6. The standard InChI is InChI=1S/C21H21F3N2O2/c1-13-5-3-6-15(11-13)17(9-10-27)26-18-12-14(2)25-20-16(18)7-4-8-19(20)28-21(22,23)24/h3-8,11-12,17,27H,9-10H2,1-2H3,(H,25,26). The highest BCUT2D eigenvalue weighted by Crippen LogP contribution is 2.35. The molecule has 7 heteroatoms. The lowest BCUT2D eigenvalue weighted by Gasteiger charge is -2.22. The molecule has 148 valence electrons. The number of nitrogens with zero attached hydrogens (tertiary/aromatic N) is 1. The van der Waals surface area contributed by atoms with Crippen LogP contribution in [0.4, 0.5) is 18.9 Å². The van der Waals surface area contributed by atoms with Crippen LogP contribution in [0.2, 0.25) is 0 Å². The third-order valence-electron chi connectivity index (χ3n) is 4.35. The molecule has 1 heterocycles. The molecule has 0 aliphatic carbocycles. The van der Waals surface area contributed by atoms with Crippen molar-refractivity contribution in [1.82, 2.24) is 4.98 Å². The number of anilines is 1. The van der Waals surface area contributed by atoms with Crippen LogP contribution < -0.4 is 10.1 Å². The van der Waals surface area contributed by atoms with Gasteiger partial charge in [0.2, 0.25) is 0 Å². The predicted octanol–water partition coefficient (Wildman–Crippen LogP) is 5.29. The number of pyridine rings is 1. The van der Waals surface area contributed by atoms with Gasteiger partial charge in [0.15, 0.2) is 5.75 Å². The van der Waals surface area contributed by atoms with Crippen LogP contribution in [0.1, 0.15) is 29.3 Å². The number of alkyl halides is 3. The lowest BCUT2D eigenvalue weighted by atomic mass is 10.0. The number of benzene rings is 2. The van der Waals surface area contributed by atoms with Crippen LogP contribution in [0.25, 0.3) is 10.9 Å². The third kappa shape index (κ3) is 4.72. The van der Waals surface area contributed by atoms with Crippen molar-refractivity contribution in [3.8, 4) is 5.75 Å². The van der Waals surface area contributed by atoms with E-state index < -0.39 is 6.36 Å². The van der Waals surface area contributed by atoms with Gasteiger partial charge in [-0.25, -0.2) is 4.98 Å². The van der Waals surface area contributed by atoms with E-state index >= 15 is 0 Å². The van der Waals surface area contributed by atoms with E-state index in [0.717, 1.165) is 11.1 Å². The average molecular weight is 390 g/mol. The molecule has 2 N–H and O–H groups in total. The Bertz CT molecular complexity index is 974. The smallest absolute Gasteiger partial charge is 0.403 e. The second-order valence-corrected chi connectivity index (χ2v) is 6.63. The molecular formula is C21H21F3N2O2. The van der Waals surface area contributed by atoms with Gasteiger partial charge in [0, 0.05) is 23.4 Å². The molecule has 0 radical (unpaired) electrons. The molecule has 28 heavy (non-hydrogen) atoms. The van der Waals surface area contributed by atoms with Crippen molar-refractivity contribution in [2.45, 2.75) is 32.7 Å². The van der Waals surface area contributed by atoms with E-state index in [9.17, 15) is 18.3 Å². The monoisotopic (exact) mass is 390 g/mol. The first-order chi connectivity index (χ1) is 13.3. The molecule has 0 aliphatic rings. The van der Waals surface area contributed by atoms with Crippen molar-refractivity contribution in [2.24, 2.45) is 0 Å². The maximum Gasteiger partial charge on any atom is 0.573 e. The Balaban J connectivity index is 2.05. The van der Waals surface area contributed by atoms with Gasteiger partial charge in [0.05, 0.1) is 6.04 Å². The third-order valence-corrected chi connectivity index (χ3v) is 4.35. The van der Waals surface area contributed by atoms with Gasteiger partial charge in [0.1, 0.15) is 5.52 Å². The van der Waals surface area contributed by atoms with Gasteiger partial charge in [-0.05, 0) is 38.0 Å². The Labute approximate surface area is 161 Å². The molecular weight excluding hydrogens is 369 g/mol. The Morgan fingerprint density at radius 3 is 2.54 bits per heavy atom. The van der Waals surface area contributed by atoms with Crippen LogP contribution in [-0.4, -0.2) is 23.1 Å². The zero-order valence-corrected chi connectivity index (χ0v) is 15.5. The summed E-state index contributed by atoms with van der Waals surface area (Å²) in [5, 5.41) is 13.4. The molecule has 4 nitrogen and oxygen atoms in total. The molecule has 0 aliphatic heterocycles. The number of aliphatic hydroxyl groups is 1. The number of nitrogens with one attached hydrogen (secondary N) is 1. The number of hydrogen-bond acceptors (Lipinski definition) is 4. The summed E-state index contributed by atoms with van der Waals surface area (Å²) in [7, 11) is 0. The topological polar surface area (TPSA) is 54.4 Å². The highest BCUT2D eigenvalue weighted by Gasteiger charge is 2.32. The maximum atomic E-state index is 12.7. The van der Waals surface area contributed by atoms with Crippen molar-refractivity contribution >= 4 is 16.6 Å². The number of aromatic nitrogens is 1. The number of fused-ring (bicyclic) bond motifs is 1. The van der Waals surface area contributed by atoms with E-state index in [1.807, 2.05) is 31.2 Å². The lowest BCUT2D eigenvalue weighted by Crippen LogP contribution is -2.18. The van der Waals surface area contributed by atoms with E-state index in [4.69, 9.17) is 0 Å². The van der Waals surface area contributed by atoms with E-state index in [0.29, 0.717) is 23.2 Å². The Kier molecular flexibility index (Phi) is 5.74. The van der Waals surface area contributed by atoms with Crippen LogP contribution in [-0.2, 0) is 0 Å². The summed E-state index contributed by atoms with van der Waals surface area (Å²) >= 11 is 0. The summed E-state index contributed by atoms with van der Waals surface area (Å²) in [6.07, 6.45) is -4.35. The zero-order chi connectivity index (χ0) is 20.3. The van der Waals surface area contributed by atoms with Crippen molar-refractivity contribution < 1.29 is 23.0 Å². The van der Waals surface area contributed by atoms with Gasteiger partial charge in [-0.15, -0.1) is 13.2 Å². The number of para-hydroxylation sites is 1. The van der Waals surface area contributed by atoms with Crippen LogP contribution >= 0.6 is 0 Å². The molecule has 3 aromatic rings. The molecule has 1 aromatic heterocycles. The summed E-state index contributed by atoms with van der Waals surface area (Å²) in [6.45, 7) is 3.66. The van der Waals surface area contributed by atoms with E-state index in [-0.39, 0.29) is 23.9 Å². The van der Waals surface area contributed by atoms with E-state index in [1.165, 1.54) is 12.1 Å². The number of aliphatic hydroxyl groups excluding tert-OH is 1. The minimum absolute atomic E-state index is 0.0317. The number of hydrogen-bond donors (Lipinski definition) is 2. The highest BCUT2D eigenvalue weighted by atomic mass is 19.4. The van der Waals surface area contributed by atoms with Crippen molar-refractivity contribution in [1.29, 1.82) is 0 Å². The molecule has 2 aromatic carbocycles. The van der Waals surface area contributed by atoms with Crippen LogP contribution in [0, 0.1) is 13.8 Å². The largest absolute Gasteiger partial charge is 0.573 e. The molecule has 1 atom stereocenters. The Morgan fingerprint density at radius 1 is 1.11 bits per heavy atom.